The van der Waals surface area contributed by atoms with Crippen LogP contribution in [0.1, 0.15) is 35.7 Å². The molecule has 0 radical (unpaired) electrons. The number of piperidine rings is 1. The molecule has 3 N–H and O–H groups in total. The normalized spacial score (nSPS) is 18.1. The Hall–Kier alpha value is -2.91. The van der Waals surface area contributed by atoms with Crippen LogP contribution in [0.3, 0.4) is 0 Å². The van der Waals surface area contributed by atoms with E-state index in [9.17, 15) is 13.2 Å². The lowest BCUT2D eigenvalue weighted by atomic mass is 10.00. The molecule has 0 spiro atoms. The summed E-state index contributed by atoms with van der Waals surface area (Å²) in [6, 6.07) is 10.6. The number of nitrogens with two attached hydrogens (primary N) is 1. The van der Waals surface area contributed by atoms with E-state index in [1.165, 1.54) is 19.4 Å². The Bertz CT molecular complexity index is 1130. The van der Waals surface area contributed by atoms with Gasteiger partial charge in [0.05, 0.1) is 11.8 Å². The van der Waals surface area contributed by atoms with Gasteiger partial charge in [0, 0.05) is 35.6 Å². The first-order valence-corrected chi connectivity index (χ1v) is 11.0. The minimum atomic E-state index is -4.44. The summed E-state index contributed by atoms with van der Waals surface area (Å²) in [7, 11) is 4.20. The number of aromatic nitrogens is 2. The zero-order chi connectivity index (χ0) is 23.8. The molecule has 2 atom stereocenters. The first-order valence-electron chi connectivity index (χ1n) is 11.0. The van der Waals surface area contributed by atoms with Crippen molar-refractivity contribution in [1.82, 2.24) is 15.1 Å². The van der Waals surface area contributed by atoms with Crippen LogP contribution >= 0.6 is 0 Å². The molecule has 2 aromatic carbocycles. The highest BCUT2D eigenvalue weighted by atomic mass is 19.4. The molecule has 4 rings (SSSR count). The molecule has 6 nitrogen and oxygen atoms in total. The summed E-state index contributed by atoms with van der Waals surface area (Å²) in [4.78, 5) is 4.61. The third-order valence-electron chi connectivity index (χ3n) is 6.45. The molecule has 1 aliphatic rings. The molecule has 1 fully saturated rings. The number of alkyl halides is 3. The van der Waals surface area contributed by atoms with Crippen molar-refractivity contribution in [3.8, 4) is 0 Å². The van der Waals surface area contributed by atoms with Gasteiger partial charge in [-0.2, -0.15) is 18.3 Å². The second-order valence-corrected chi connectivity index (χ2v) is 8.81. The lowest BCUT2D eigenvalue weighted by Crippen LogP contribution is -2.45. The van der Waals surface area contributed by atoms with Gasteiger partial charge in [-0.05, 0) is 63.2 Å². The van der Waals surface area contributed by atoms with Gasteiger partial charge in [-0.1, -0.05) is 18.2 Å². The average Bonchev–Trinajstić information content (AvgIpc) is 2.78. The van der Waals surface area contributed by atoms with Crippen LogP contribution in [0.4, 0.5) is 24.7 Å². The van der Waals surface area contributed by atoms with E-state index < -0.39 is 17.9 Å². The van der Waals surface area contributed by atoms with Crippen molar-refractivity contribution >= 4 is 22.3 Å². The van der Waals surface area contributed by atoms with Crippen LogP contribution in [0.15, 0.2) is 42.6 Å². The molecule has 2 heterocycles. The van der Waals surface area contributed by atoms with Crippen LogP contribution in [0.25, 0.3) is 10.8 Å². The molecule has 0 bridgehead atoms. The second kappa shape index (κ2) is 9.15. The number of nitrogens with one attached hydrogen (secondary N) is 1. The third-order valence-corrected chi connectivity index (χ3v) is 6.45. The van der Waals surface area contributed by atoms with Crippen molar-refractivity contribution in [2.75, 3.05) is 37.4 Å². The highest BCUT2D eigenvalue weighted by Crippen LogP contribution is 2.35. The zero-order valence-corrected chi connectivity index (χ0v) is 19.0. The molecular weight excluding hydrogens is 429 g/mol. The fourth-order valence-electron chi connectivity index (χ4n) is 4.50. The molecule has 3 aromatic rings. The Morgan fingerprint density at radius 1 is 1.21 bits per heavy atom. The molecule has 0 amide bonds. The molecule has 176 valence electrons. The molecule has 1 aromatic heterocycles. The summed E-state index contributed by atoms with van der Waals surface area (Å²) in [5.41, 5.74) is 7.15. The lowest BCUT2D eigenvalue weighted by Gasteiger charge is -2.37. The highest BCUT2D eigenvalue weighted by molar-refractivity contribution is 5.93. The van der Waals surface area contributed by atoms with Crippen LogP contribution in [0.5, 0.6) is 0 Å². The quantitative estimate of drug-likeness (QED) is 0.547. The van der Waals surface area contributed by atoms with E-state index in [0.29, 0.717) is 17.4 Å². The highest BCUT2D eigenvalue weighted by Gasteiger charge is 2.33. The summed E-state index contributed by atoms with van der Waals surface area (Å²) in [6.45, 7) is 3.34. The number of benzene rings is 2. The van der Waals surface area contributed by atoms with E-state index in [2.05, 4.69) is 51.5 Å². The summed E-state index contributed by atoms with van der Waals surface area (Å²) < 4.78 is 40.0. The van der Waals surface area contributed by atoms with Crippen LogP contribution < -0.4 is 16.0 Å². The van der Waals surface area contributed by atoms with Crippen LogP contribution in [0, 0.1) is 6.92 Å². The smallest absolute Gasteiger partial charge is 0.370 e. The van der Waals surface area contributed by atoms with Gasteiger partial charge in [0.1, 0.15) is 6.17 Å². The van der Waals surface area contributed by atoms with Gasteiger partial charge in [-0.15, -0.1) is 5.10 Å². The Morgan fingerprint density at radius 3 is 2.73 bits per heavy atom. The molecule has 1 saturated heterocycles. The van der Waals surface area contributed by atoms with E-state index in [4.69, 9.17) is 5.73 Å². The molecule has 0 saturated carbocycles. The predicted octanol–water partition coefficient (Wildman–Crippen LogP) is 4.56. The van der Waals surface area contributed by atoms with Gasteiger partial charge in [-0.3, -0.25) is 0 Å². The number of anilines is 2. The average molecular weight is 459 g/mol. The first kappa shape index (κ1) is 23.3. The van der Waals surface area contributed by atoms with Crippen molar-refractivity contribution < 1.29 is 13.2 Å². The minimum absolute atomic E-state index is 0.0990. The van der Waals surface area contributed by atoms with E-state index in [1.54, 1.807) is 12.3 Å². The van der Waals surface area contributed by atoms with E-state index in [-0.39, 0.29) is 5.56 Å². The van der Waals surface area contributed by atoms with Crippen molar-refractivity contribution in [2.45, 2.75) is 38.1 Å². The molecule has 0 aliphatic carbocycles. The largest absolute Gasteiger partial charge is 0.416 e. The van der Waals surface area contributed by atoms with Gasteiger partial charge < -0.3 is 20.9 Å². The number of hydrogen-bond donors (Lipinski definition) is 2. The molecule has 9 heteroatoms. The fourth-order valence-corrected chi connectivity index (χ4v) is 4.50. The number of fused-ring (bicyclic) bond motifs is 1. The maximum atomic E-state index is 13.3. The minimum Gasteiger partial charge on any atom is -0.370 e. The fraction of sp³-hybridized carbons (Fsp3) is 0.417. The third kappa shape index (κ3) is 4.89. The Kier molecular flexibility index (Phi) is 6.45. The second-order valence-electron chi connectivity index (χ2n) is 8.81. The van der Waals surface area contributed by atoms with Gasteiger partial charge in [0.2, 0.25) is 0 Å². The number of likely N-dealkylation sites (N-methyl/N-ethyl adjacent to an activating group) is 1. The van der Waals surface area contributed by atoms with Crippen molar-refractivity contribution in [1.29, 1.82) is 0 Å². The molecule has 33 heavy (non-hydrogen) atoms. The number of hydrogen-bond acceptors (Lipinski definition) is 6. The van der Waals surface area contributed by atoms with Crippen molar-refractivity contribution in [3.05, 3.63) is 59.3 Å². The maximum absolute atomic E-state index is 13.3. The van der Waals surface area contributed by atoms with Crippen LogP contribution in [-0.4, -0.2) is 48.3 Å². The van der Waals surface area contributed by atoms with Crippen molar-refractivity contribution in [2.24, 2.45) is 5.73 Å². The van der Waals surface area contributed by atoms with Gasteiger partial charge in [0.25, 0.3) is 0 Å². The Labute approximate surface area is 191 Å². The summed E-state index contributed by atoms with van der Waals surface area (Å²) in [5.74, 6) is 0.444. The Morgan fingerprint density at radius 2 is 2.00 bits per heavy atom. The number of nitrogens with zero attached hydrogens (tertiary/aromatic N) is 4. The van der Waals surface area contributed by atoms with E-state index >= 15 is 0 Å². The number of halogens is 3. The van der Waals surface area contributed by atoms with Crippen LogP contribution in [0.2, 0.25) is 0 Å². The summed E-state index contributed by atoms with van der Waals surface area (Å²) in [5, 5.41) is 13.1. The summed E-state index contributed by atoms with van der Waals surface area (Å²) in [6.07, 6.45) is -1.36. The molecular formula is C24H29F3N6. The first-order chi connectivity index (χ1) is 15.6. The molecule has 1 unspecified atom stereocenters. The monoisotopic (exact) mass is 458 g/mol. The van der Waals surface area contributed by atoms with E-state index in [0.717, 1.165) is 42.0 Å². The molecule has 1 aliphatic heterocycles. The van der Waals surface area contributed by atoms with Crippen LogP contribution in [-0.2, 0) is 6.18 Å². The van der Waals surface area contributed by atoms with Gasteiger partial charge in [0.15, 0.2) is 5.82 Å². The topological polar surface area (TPSA) is 70.3 Å². The maximum Gasteiger partial charge on any atom is 0.416 e. The van der Waals surface area contributed by atoms with E-state index in [1.807, 2.05) is 6.07 Å². The predicted molar refractivity (Wildman–Crippen MR) is 125 cm³/mol. The Balaban J connectivity index is 1.64. The van der Waals surface area contributed by atoms with Crippen molar-refractivity contribution in [3.63, 3.8) is 0 Å². The summed E-state index contributed by atoms with van der Waals surface area (Å²) >= 11 is 0. The van der Waals surface area contributed by atoms with Gasteiger partial charge in [-0.25, -0.2) is 0 Å². The SMILES string of the molecule is Cc1c([C@@H](N)Nc2nncc3ccc(N4CCCC(N(C)C)C4)cc23)cccc1C(F)(F)F. The standard InChI is InChI=1S/C24H29F3N6/c1-15-19(7-4-8-21(15)24(25,26)27)22(28)30-23-20-12-17(10-9-16(20)13-29-31-23)33-11-5-6-18(14-33)32(2)3/h4,7-10,12-13,18,22H,5-6,11,14,28H2,1-3H3,(H,30,31)/t18?,22-/m0/s1. The lowest BCUT2D eigenvalue weighted by molar-refractivity contribution is -0.138. The zero-order valence-electron chi connectivity index (χ0n) is 19.0. The van der Waals surface area contributed by atoms with Gasteiger partial charge >= 0.3 is 6.18 Å². The number of rotatable bonds is 5.